The molecule has 0 radical (unpaired) electrons. The first-order valence-corrected chi connectivity index (χ1v) is 27.6. The van der Waals surface area contributed by atoms with Crippen molar-refractivity contribution in [1.29, 1.82) is 0 Å². The molecule has 0 aliphatic rings. The molecule has 0 aromatic heterocycles. The lowest BCUT2D eigenvalue weighted by Crippen LogP contribution is -2.46. The molecule has 0 fully saturated rings. The number of esters is 1. The summed E-state index contributed by atoms with van der Waals surface area (Å²) in [5, 5.41) is 23.8. The van der Waals surface area contributed by atoms with Crippen LogP contribution in [0.1, 0.15) is 271 Å². The number of aliphatic hydroxyl groups is 2. The molecule has 1 amide bonds. The molecule has 3 atom stereocenters. The summed E-state index contributed by atoms with van der Waals surface area (Å²) >= 11 is 0. The number of hydrogen-bond donors (Lipinski definition) is 3. The maximum Gasteiger partial charge on any atom is 0.306 e. The number of amides is 1. The molecule has 0 saturated carbocycles. The highest BCUT2D eigenvalue weighted by molar-refractivity contribution is 5.77. The van der Waals surface area contributed by atoms with E-state index in [2.05, 4.69) is 38.2 Å². The van der Waals surface area contributed by atoms with Gasteiger partial charge in [0.2, 0.25) is 5.91 Å². The van der Waals surface area contributed by atoms with Gasteiger partial charge in [0, 0.05) is 6.42 Å². The summed E-state index contributed by atoms with van der Waals surface area (Å²) in [4.78, 5) is 26.2. The Hall–Kier alpha value is -2.44. The SMILES string of the molecule is CC/C=C/C=C/C=C\C=C/C=C/CCCC(=O)OC(CCCCCCCCCCCCCCCCCCC)CC(=O)NC(CO)C(O)CCCCCCCCCCCCCCCCC. The molecule has 3 N–H and O–H groups in total. The molecule has 0 heterocycles. The second kappa shape index (κ2) is 51.5. The Morgan fingerprint density at radius 2 is 0.828 bits per heavy atom. The number of ether oxygens (including phenoxy) is 1. The molecular formula is C58H105NO5. The van der Waals surface area contributed by atoms with Crippen LogP contribution in [0.25, 0.3) is 0 Å². The van der Waals surface area contributed by atoms with E-state index in [4.69, 9.17) is 4.74 Å². The van der Waals surface area contributed by atoms with Gasteiger partial charge >= 0.3 is 5.97 Å². The summed E-state index contributed by atoms with van der Waals surface area (Å²) < 4.78 is 5.91. The number of hydrogen-bond acceptors (Lipinski definition) is 5. The van der Waals surface area contributed by atoms with Gasteiger partial charge in [-0.05, 0) is 38.5 Å². The zero-order valence-corrected chi connectivity index (χ0v) is 42.4. The fourth-order valence-electron chi connectivity index (χ4n) is 8.34. The van der Waals surface area contributed by atoms with E-state index < -0.39 is 18.2 Å². The summed E-state index contributed by atoms with van der Waals surface area (Å²) in [7, 11) is 0. The molecule has 0 bridgehead atoms. The maximum atomic E-state index is 13.2. The predicted octanol–water partition coefficient (Wildman–Crippen LogP) is 16.8. The highest BCUT2D eigenvalue weighted by atomic mass is 16.5. The molecule has 0 aromatic carbocycles. The summed E-state index contributed by atoms with van der Waals surface area (Å²) in [5.41, 5.74) is 0. The van der Waals surface area contributed by atoms with Crippen molar-refractivity contribution in [2.45, 2.75) is 289 Å². The second-order valence-electron chi connectivity index (χ2n) is 18.7. The van der Waals surface area contributed by atoms with Crippen molar-refractivity contribution in [1.82, 2.24) is 5.32 Å². The molecule has 6 heteroatoms. The van der Waals surface area contributed by atoms with E-state index >= 15 is 0 Å². The summed E-state index contributed by atoms with van der Waals surface area (Å²) in [5.74, 6) is -0.552. The van der Waals surface area contributed by atoms with E-state index in [1.165, 1.54) is 167 Å². The van der Waals surface area contributed by atoms with Crippen LogP contribution in [0.5, 0.6) is 0 Å². The van der Waals surface area contributed by atoms with Crippen molar-refractivity contribution >= 4 is 11.9 Å². The Kier molecular flexibility index (Phi) is 49.6. The molecule has 0 aliphatic carbocycles. The topological polar surface area (TPSA) is 95.9 Å². The number of allylic oxidation sites excluding steroid dienone is 10. The van der Waals surface area contributed by atoms with Gasteiger partial charge in [0.1, 0.15) is 6.10 Å². The number of carbonyl (C=O) groups is 2. The maximum absolute atomic E-state index is 13.2. The Morgan fingerprint density at radius 3 is 1.22 bits per heavy atom. The molecule has 0 aliphatic heterocycles. The monoisotopic (exact) mass is 896 g/mol. The van der Waals surface area contributed by atoms with Gasteiger partial charge in [-0.15, -0.1) is 0 Å². The van der Waals surface area contributed by atoms with E-state index in [9.17, 15) is 19.8 Å². The standard InChI is InChI=1S/C58H105NO5/c1-4-7-10-13-16-19-22-25-27-28-30-32-34-37-40-43-46-49-54(64-58(63)51-48-45-42-39-36-31-24-21-18-15-12-9-6-3)52-57(62)59-55(53-60)56(61)50-47-44-41-38-35-33-29-26-23-20-17-14-11-8-5-2/h9,12,15,18,21,24,31,36,39,42,54-56,60-61H,4-8,10-11,13-14,16-17,19-20,22-23,25-30,32-35,37-38,40-41,43-53H2,1-3H3,(H,59,62)/b12-9+,18-15+,24-21-,36-31-,42-39+. The average Bonchev–Trinajstić information content (AvgIpc) is 3.29. The number of unbranched alkanes of at least 4 members (excludes halogenated alkanes) is 31. The van der Waals surface area contributed by atoms with Gasteiger partial charge in [-0.3, -0.25) is 9.59 Å². The van der Waals surface area contributed by atoms with E-state index in [1.807, 2.05) is 48.6 Å². The van der Waals surface area contributed by atoms with Crippen LogP contribution in [-0.4, -0.2) is 46.9 Å². The molecule has 3 unspecified atom stereocenters. The number of aliphatic hydroxyl groups excluding tert-OH is 2. The molecule has 64 heavy (non-hydrogen) atoms. The lowest BCUT2D eigenvalue weighted by Gasteiger charge is -2.24. The molecule has 6 nitrogen and oxygen atoms in total. The van der Waals surface area contributed by atoms with Gasteiger partial charge < -0.3 is 20.3 Å². The molecule has 0 saturated heterocycles. The van der Waals surface area contributed by atoms with Gasteiger partial charge in [-0.25, -0.2) is 0 Å². The minimum absolute atomic E-state index is 0.0507. The van der Waals surface area contributed by atoms with Crippen LogP contribution in [0.4, 0.5) is 0 Å². The van der Waals surface area contributed by atoms with E-state index in [0.717, 1.165) is 51.4 Å². The third-order valence-corrected chi connectivity index (χ3v) is 12.5. The molecule has 0 spiro atoms. The highest BCUT2D eigenvalue weighted by Gasteiger charge is 2.24. The Bertz CT molecular complexity index is 1140. The van der Waals surface area contributed by atoms with Crippen LogP contribution in [0, 0.1) is 0 Å². The lowest BCUT2D eigenvalue weighted by atomic mass is 10.0. The normalized spacial score (nSPS) is 13.6. The van der Waals surface area contributed by atoms with Gasteiger partial charge in [0.25, 0.3) is 0 Å². The van der Waals surface area contributed by atoms with Crippen molar-refractivity contribution in [3.63, 3.8) is 0 Å². The van der Waals surface area contributed by atoms with Crippen LogP contribution in [-0.2, 0) is 14.3 Å². The molecule has 0 aromatic rings. The van der Waals surface area contributed by atoms with Crippen molar-refractivity contribution in [3.8, 4) is 0 Å². The largest absolute Gasteiger partial charge is 0.462 e. The van der Waals surface area contributed by atoms with E-state index in [0.29, 0.717) is 25.7 Å². The van der Waals surface area contributed by atoms with Crippen LogP contribution in [0.2, 0.25) is 0 Å². The molecule has 372 valence electrons. The van der Waals surface area contributed by atoms with Gasteiger partial charge in [-0.2, -0.15) is 0 Å². The lowest BCUT2D eigenvalue weighted by molar-refractivity contribution is -0.151. The number of rotatable bonds is 49. The van der Waals surface area contributed by atoms with Crippen LogP contribution in [0.3, 0.4) is 0 Å². The first kappa shape index (κ1) is 61.6. The van der Waals surface area contributed by atoms with Crippen molar-refractivity contribution in [3.05, 3.63) is 60.8 Å². The van der Waals surface area contributed by atoms with Crippen LogP contribution < -0.4 is 5.32 Å². The van der Waals surface area contributed by atoms with E-state index in [1.54, 1.807) is 0 Å². The second-order valence-corrected chi connectivity index (χ2v) is 18.7. The molecular weight excluding hydrogens is 791 g/mol. The third kappa shape index (κ3) is 46.1. The fraction of sp³-hybridized carbons (Fsp3) is 0.793. The number of carbonyl (C=O) groups excluding carboxylic acids is 2. The first-order chi connectivity index (χ1) is 31.5. The zero-order valence-electron chi connectivity index (χ0n) is 42.4. The number of nitrogens with one attached hydrogen (secondary N) is 1. The summed E-state index contributed by atoms with van der Waals surface area (Å²) in [6.45, 7) is 6.35. The predicted molar refractivity (Wildman–Crippen MR) is 278 cm³/mol. The first-order valence-electron chi connectivity index (χ1n) is 27.6. The van der Waals surface area contributed by atoms with Gasteiger partial charge in [0.15, 0.2) is 0 Å². The van der Waals surface area contributed by atoms with E-state index in [-0.39, 0.29) is 24.9 Å². The quantitative estimate of drug-likeness (QED) is 0.0321. The molecule has 0 rings (SSSR count). The minimum Gasteiger partial charge on any atom is -0.462 e. The Labute approximate surface area is 397 Å². The smallest absolute Gasteiger partial charge is 0.306 e. The van der Waals surface area contributed by atoms with Crippen molar-refractivity contribution in [2.75, 3.05) is 6.61 Å². The summed E-state index contributed by atoms with van der Waals surface area (Å²) in [6.07, 6.45) is 64.3. The van der Waals surface area contributed by atoms with Gasteiger partial charge in [0.05, 0.1) is 25.2 Å². The fourth-order valence-corrected chi connectivity index (χ4v) is 8.34. The van der Waals surface area contributed by atoms with Crippen molar-refractivity contribution in [2.24, 2.45) is 0 Å². The van der Waals surface area contributed by atoms with Crippen LogP contribution in [0.15, 0.2) is 60.8 Å². The summed E-state index contributed by atoms with van der Waals surface area (Å²) in [6, 6.07) is -0.716. The zero-order chi connectivity index (χ0) is 46.7. The highest BCUT2D eigenvalue weighted by Crippen LogP contribution is 2.18. The third-order valence-electron chi connectivity index (χ3n) is 12.5. The van der Waals surface area contributed by atoms with Gasteiger partial charge in [-0.1, -0.05) is 281 Å². The van der Waals surface area contributed by atoms with Crippen molar-refractivity contribution < 1.29 is 24.5 Å². The minimum atomic E-state index is -0.800. The Balaban J connectivity index is 4.62. The Morgan fingerprint density at radius 1 is 0.469 bits per heavy atom. The average molecular weight is 896 g/mol. The van der Waals surface area contributed by atoms with Crippen LogP contribution >= 0.6 is 0 Å².